The van der Waals surface area contributed by atoms with Crippen LogP contribution in [0.15, 0.2) is 24.3 Å². The fourth-order valence-corrected chi connectivity index (χ4v) is 7.35. The predicted molar refractivity (Wildman–Crippen MR) is 155 cm³/mol. The van der Waals surface area contributed by atoms with E-state index in [1.54, 1.807) is 19.1 Å². The molecule has 4 heterocycles. The largest absolute Gasteiger partial charge is 0.525 e. The van der Waals surface area contributed by atoms with Crippen LogP contribution < -0.4 is 23.5 Å². The number of benzene rings is 2. The number of cyclic esters (lactones) is 1. The molecule has 5 aliphatic rings. The van der Waals surface area contributed by atoms with Gasteiger partial charge in [-0.15, -0.1) is 0 Å². The van der Waals surface area contributed by atoms with Crippen LogP contribution in [-0.2, 0) is 33.0 Å². The summed E-state index contributed by atoms with van der Waals surface area (Å²) in [7, 11) is -2.40. The molecule has 1 aliphatic carbocycles. The minimum absolute atomic E-state index is 0. The Balaban J connectivity index is 0.00000386. The third-order valence-electron chi connectivity index (χ3n) is 8.94. The molecule has 3 saturated heterocycles. The number of carbonyl (C=O) groups is 1. The number of aliphatic hydroxyl groups excluding tert-OH is 2. The van der Waals surface area contributed by atoms with Crippen LogP contribution in [0.4, 0.5) is 0 Å². The van der Waals surface area contributed by atoms with Crippen molar-refractivity contribution in [3.63, 3.8) is 0 Å². The van der Waals surface area contributed by atoms with Crippen LogP contribution in [0.25, 0.3) is 0 Å². The second kappa shape index (κ2) is 13.3. The van der Waals surface area contributed by atoms with Crippen molar-refractivity contribution in [1.29, 1.82) is 0 Å². The minimum Gasteiger partial charge on any atom is -0.493 e. The zero-order valence-corrected chi connectivity index (χ0v) is 28.7. The maximum absolute atomic E-state index is 13.5. The summed E-state index contributed by atoms with van der Waals surface area (Å²) in [5.41, 5.74) is 1.65. The summed E-state index contributed by atoms with van der Waals surface area (Å²) in [6.45, 7) is 1.72. The summed E-state index contributed by atoms with van der Waals surface area (Å²) < 4.78 is 68.1. The van der Waals surface area contributed by atoms with E-state index in [9.17, 15) is 29.4 Å². The number of methoxy groups -OCH3 is 2. The SMILES string of the molecule is COc1cc([C@@H]2c3cc4c(cc3[C@@H](O[C@@H]3O[C@@H]5CO[C@@H](C)O[C@H]5[C@H](O)[C@H]3O)[C@H]3COC(=O)[C@H]23)OCO4)cc(OC)c1OP(=O)(O)O.[Na]. The molecule has 3 fully saturated rings. The fraction of sp³-hybridized carbons (Fsp3) is 0.552. The third kappa shape index (κ3) is 6.24. The minimum atomic E-state index is -5.00. The Bertz CT molecular complexity index is 1540. The number of fused-ring (bicyclic) bond motifs is 4. The van der Waals surface area contributed by atoms with E-state index in [1.165, 1.54) is 26.4 Å². The first-order chi connectivity index (χ1) is 22.0. The molecule has 0 spiro atoms. The van der Waals surface area contributed by atoms with Crippen LogP contribution in [0.3, 0.4) is 0 Å². The molecule has 16 nitrogen and oxygen atoms in total. The second-order valence-corrected chi connectivity index (χ2v) is 12.7. The van der Waals surface area contributed by atoms with E-state index in [0.717, 1.165) is 0 Å². The Labute approximate surface area is 290 Å². The monoisotopic (exact) mass is 691 g/mol. The van der Waals surface area contributed by atoms with Gasteiger partial charge in [0.2, 0.25) is 12.5 Å². The van der Waals surface area contributed by atoms with Gasteiger partial charge in [-0.05, 0) is 47.9 Å². The first-order valence-corrected chi connectivity index (χ1v) is 16.1. The maximum atomic E-state index is 13.5. The molecule has 0 unspecified atom stereocenters. The van der Waals surface area contributed by atoms with E-state index in [-0.39, 0.29) is 66.8 Å². The summed E-state index contributed by atoms with van der Waals surface area (Å²) in [6.07, 6.45) is -7.18. The quantitative estimate of drug-likeness (QED) is 0.179. The predicted octanol–water partition coefficient (Wildman–Crippen LogP) is 0.724. The van der Waals surface area contributed by atoms with Crippen LogP contribution >= 0.6 is 7.82 Å². The van der Waals surface area contributed by atoms with Gasteiger partial charge in [0.15, 0.2) is 35.6 Å². The van der Waals surface area contributed by atoms with Gasteiger partial charge in [0.05, 0.1) is 39.5 Å². The van der Waals surface area contributed by atoms with Crippen LogP contribution in [0, 0.1) is 11.8 Å². The topological polar surface area (TPSA) is 207 Å². The van der Waals surface area contributed by atoms with Crippen molar-refractivity contribution in [2.45, 2.75) is 55.9 Å². The van der Waals surface area contributed by atoms with E-state index in [2.05, 4.69) is 0 Å². The molecule has 0 bridgehead atoms. The Morgan fingerprint density at radius 2 is 1.55 bits per heavy atom. The molecule has 1 radical (unpaired) electrons. The van der Waals surface area contributed by atoms with Gasteiger partial charge in [-0.3, -0.25) is 14.6 Å². The van der Waals surface area contributed by atoms with Gasteiger partial charge < -0.3 is 57.4 Å². The molecule has 2 aromatic rings. The van der Waals surface area contributed by atoms with Crippen molar-refractivity contribution in [2.24, 2.45) is 11.8 Å². The third-order valence-corrected chi connectivity index (χ3v) is 9.36. The smallest absolute Gasteiger partial charge is 0.493 e. The molecule has 0 aromatic heterocycles. The van der Waals surface area contributed by atoms with Crippen LogP contribution in [-0.4, -0.2) is 127 Å². The van der Waals surface area contributed by atoms with Crippen molar-refractivity contribution in [1.82, 2.24) is 0 Å². The number of esters is 1. The van der Waals surface area contributed by atoms with Gasteiger partial charge in [0, 0.05) is 41.4 Å². The summed E-state index contributed by atoms with van der Waals surface area (Å²) in [4.78, 5) is 32.5. The van der Waals surface area contributed by atoms with Gasteiger partial charge in [0.1, 0.15) is 24.4 Å². The molecule has 4 N–H and O–H groups in total. The number of hydrogen-bond acceptors (Lipinski definition) is 14. The van der Waals surface area contributed by atoms with Crippen molar-refractivity contribution in [3.8, 4) is 28.7 Å². The Kier molecular flexibility index (Phi) is 9.79. The number of hydrogen-bond donors (Lipinski definition) is 4. The van der Waals surface area contributed by atoms with Gasteiger partial charge in [-0.2, -0.15) is 0 Å². The van der Waals surface area contributed by atoms with Crippen LogP contribution in [0.5, 0.6) is 28.7 Å². The average molecular weight is 692 g/mol. The zero-order chi connectivity index (χ0) is 32.5. The van der Waals surface area contributed by atoms with Crippen molar-refractivity contribution in [3.05, 3.63) is 41.0 Å². The molecule has 251 valence electrons. The molecule has 18 heteroatoms. The van der Waals surface area contributed by atoms with Crippen molar-refractivity contribution >= 4 is 43.3 Å². The summed E-state index contributed by atoms with van der Waals surface area (Å²) >= 11 is 0. The van der Waals surface area contributed by atoms with E-state index < -0.39 is 74.6 Å². The second-order valence-electron chi connectivity index (χ2n) is 11.6. The van der Waals surface area contributed by atoms with Crippen LogP contribution in [0.2, 0.25) is 0 Å². The number of ether oxygens (including phenoxy) is 9. The van der Waals surface area contributed by atoms with Gasteiger partial charge >= 0.3 is 13.8 Å². The standard InChI is InChI=1S/C29H33O16P.Na/c1-11-38-9-20-27(42-11)23(30)24(31)29(43-20)44-25-14-7-17-16(40-10-41-17)6-13(14)21(22-15(25)8-39-28(22)32)12-4-18(36-2)26(19(5-12)37-3)45-46(33,34)35;/h4-7,11,15,20-25,27,29-31H,8-10H2,1-3H3,(H2,33,34,35);/t11-,15+,20-,21-,22+,23-,24-,25-,27-,29+;/m1./s1. The summed E-state index contributed by atoms with van der Waals surface area (Å²) in [6, 6.07) is 6.47. The average Bonchev–Trinajstić information content (AvgIpc) is 3.64. The molecule has 47 heavy (non-hydrogen) atoms. The van der Waals surface area contributed by atoms with Gasteiger partial charge in [0.25, 0.3) is 0 Å². The Morgan fingerprint density at radius 1 is 0.894 bits per heavy atom. The Morgan fingerprint density at radius 3 is 2.19 bits per heavy atom. The molecular weight excluding hydrogens is 658 g/mol. The van der Waals surface area contributed by atoms with Gasteiger partial charge in [-0.1, -0.05) is 0 Å². The van der Waals surface area contributed by atoms with E-state index in [4.69, 9.17) is 47.2 Å². The van der Waals surface area contributed by atoms with Crippen LogP contribution in [0.1, 0.15) is 35.6 Å². The fourth-order valence-electron chi connectivity index (χ4n) is 6.93. The molecule has 4 aliphatic heterocycles. The van der Waals surface area contributed by atoms with E-state index >= 15 is 0 Å². The Hall–Kier alpha value is -2.18. The zero-order valence-electron chi connectivity index (χ0n) is 25.8. The number of phosphoric acid groups is 1. The van der Waals surface area contributed by atoms with Crippen molar-refractivity contribution in [2.75, 3.05) is 34.2 Å². The summed E-state index contributed by atoms with van der Waals surface area (Å²) in [5, 5.41) is 22.0. The molecular formula is C29H33NaO16P. The molecule has 2 aromatic carbocycles. The van der Waals surface area contributed by atoms with Crippen molar-refractivity contribution < 1.29 is 76.5 Å². The maximum Gasteiger partial charge on any atom is 0.525 e. The number of rotatable bonds is 7. The first-order valence-electron chi connectivity index (χ1n) is 14.5. The van der Waals surface area contributed by atoms with Gasteiger partial charge in [-0.25, -0.2) is 4.57 Å². The molecule has 10 atom stereocenters. The number of phosphoric ester groups is 1. The molecule has 0 amide bonds. The summed E-state index contributed by atoms with van der Waals surface area (Å²) in [5.74, 6) is -2.25. The molecule has 7 rings (SSSR count). The van der Waals surface area contributed by atoms with E-state index in [1.807, 2.05) is 0 Å². The normalized spacial score (nSPS) is 33.9. The number of aliphatic hydroxyl groups is 2. The molecule has 0 saturated carbocycles. The number of carbonyl (C=O) groups excluding carboxylic acids is 1. The van der Waals surface area contributed by atoms with E-state index in [0.29, 0.717) is 28.2 Å². The first kappa shape index (κ1) is 34.7.